The van der Waals surface area contributed by atoms with Crippen LogP contribution >= 0.6 is 11.3 Å². The molecule has 0 saturated carbocycles. The van der Waals surface area contributed by atoms with Crippen molar-refractivity contribution in [1.82, 2.24) is 9.88 Å². The highest BCUT2D eigenvalue weighted by molar-refractivity contribution is 7.08. The highest BCUT2D eigenvalue weighted by Crippen LogP contribution is 2.35. The molecule has 5 nitrogen and oxygen atoms in total. The van der Waals surface area contributed by atoms with Crippen molar-refractivity contribution >= 4 is 17.2 Å². The summed E-state index contributed by atoms with van der Waals surface area (Å²) < 4.78 is 12.0. The van der Waals surface area contributed by atoms with Crippen LogP contribution < -0.4 is 4.74 Å². The minimum absolute atomic E-state index is 0.0998. The highest BCUT2D eigenvalue weighted by atomic mass is 32.1. The maximum Gasteiger partial charge on any atom is 0.227 e. The molecule has 2 aromatic heterocycles. The summed E-state index contributed by atoms with van der Waals surface area (Å²) in [4.78, 5) is 18.4. The predicted molar refractivity (Wildman–Crippen MR) is 91.2 cm³/mol. The standard InChI is InChI=1S/C18H20N2O3S/c21-17(9-14-5-8-24-11-14)20-12-18(13-20)10-15(4-7-22-18)23-16-3-1-2-6-19-16/h1-3,5-6,8,11,15H,4,7,9-10,12-13H2/t15-/m1/s1. The molecule has 1 amide bonds. The number of carbonyl (C=O) groups excluding carboxylic acids is 1. The van der Waals surface area contributed by atoms with Crippen LogP contribution in [0.1, 0.15) is 18.4 Å². The van der Waals surface area contributed by atoms with Gasteiger partial charge in [-0.1, -0.05) is 6.07 Å². The van der Waals surface area contributed by atoms with E-state index in [1.54, 1.807) is 17.5 Å². The molecule has 2 saturated heterocycles. The second kappa shape index (κ2) is 6.53. The molecule has 4 rings (SSSR count). The molecule has 1 spiro atoms. The first-order valence-electron chi connectivity index (χ1n) is 8.23. The van der Waals surface area contributed by atoms with Crippen LogP contribution in [0.5, 0.6) is 5.88 Å². The number of carbonyl (C=O) groups is 1. The molecular formula is C18H20N2O3S. The number of amides is 1. The monoisotopic (exact) mass is 344 g/mol. The van der Waals surface area contributed by atoms with Crippen molar-refractivity contribution in [3.8, 4) is 5.88 Å². The summed E-state index contributed by atoms with van der Waals surface area (Å²) in [5.74, 6) is 0.833. The molecule has 0 unspecified atom stereocenters. The smallest absolute Gasteiger partial charge is 0.227 e. The van der Waals surface area contributed by atoms with Crippen molar-refractivity contribution in [2.75, 3.05) is 19.7 Å². The van der Waals surface area contributed by atoms with E-state index in [4.69, 9.17) is 9.47 Å². The third kappa shape index (κ3) is 3.30. The Labute approximate surface area is 145 Å². The lowest BCUT2D eigenvalue weighted by atomic mass is 9.84. The number of nitrogens with zero attached hydrogens (tertiary/aromatic N) is 2. The lowest BCUT2D eigenvalue weighted by Crippen LogP contribution is -2.67. The molecule has 126 valence electrons. The molecule has 0 aliphatic carbocycles. The Balaban J connectivity index is 1.31. The fraction of sp³-hybridized carbons (Fsp3) is 0.444. The van der Waals surface area contributed by atoms with E-state index in [2.05, 4.69) is 4.98 Å². The van der Waals surface area contributed by atoms with E-state index >= 15 is 0 Å². The molecule has 0 aromatic carbocycles. The Morgan fingerprint density at radius 3 is 3.08 bits per heavy atom. The van der Waals surface area contributed by atoms with Gasteiger partial charge in [-0.05, 0) is 28.5 Å². The average molecular weight is 344 g/mol. The number of rotatable bonds is 4. The van der Waals surface area contributed by atoms with Crippen molar-refractivity contribution in [3.05, 3.63) is 46.8 Å². The Hall–Kier alpha value is -1.92. The zero-order valence-corrected chi connectivity index (χ0v) is 14.2. The van der Waals surface area contributed by atoms with Gasteiger partial charge in [-0.2, -0.15) is 11.3 Å². The van der Waals surface area contributed by atoms with E-state index in [0.29, 0.717) is 32.0 Å². The van der Waals surface area contributed by atoms with Crippen molar-refractivity contribution < 1.29 is 14.3 Å². The normalized spacial score (nSPS) is 22.2. The summed E-state index contributed by atoms with van der Waals surface area (Å²) in [5.41, 5.74) is 0.856. The van der Waals surface area contributed by atoms with E-state index in [0.717, 1.165) is 18.4 Å². The molecule has 6 heteroatoms. The third-order valence-corrected chi connectivity index (χ3v) is 5.35. The Morgan fingerprint density at radius 2 is 2.33 bits per heavy atom. The molecule has 2 aliphatic heterocycles. The second-order valence-electron chi connectivity index (χ2n) is 6.49. The van der Waals surface area contributed by atoms with Crippen molar-refractivity contribution in [2.24, 2.45) is 0 Å². The van der Waals surface area contributed by atoms with E-state index in [9.17, 15) is 4.79 Å². The quantitative estimate of drug-likeness (QED) is 0.855. The Bertz CT molecular complexity index is 684. The molecule has 4 heterocycles. The van der Waals surface area contributed by atoms with Crippen LogP contribution in [-0.2, 0) is 16.0 Å². The Morgan fingerprint density at radius 1 is 1.42 bits per heavy atom. The van der Waals surface area contributed by atoms with Crippen molar-refractivity contribution in [3.63, 3.8) is 0 Å². The van der Waals surface area contributed by atoms with Crippen LogP contribution in [0, 0.1) is 0 Å². The van der Waals surface area contributed by atoms with Gasteiger partial charge >= 0.3 is 0 Å². The average Bonchev–Trinajstić information content (AvgIpc) is 3.06. The van der Waals surface area contributed by atoms with Crippen molar-refractivity contribution in [2.45, 2.75) is 31.0 Å². The van der Waals surface area contributed by atoms with Crippen LogP contribution in [0.4, 0.5) is 0 Å². The molecule has 2 aromatic rings. The molecule has 0 N–H and O–H groups in total. The first kappa shape index (κ1) is 15.6. The summed E-state index contributed by atoms with van der Waals surface area (Å²) in [6.07, 6.45) is 3.99. The number of aromatic nitrogens is 1. The largest absolute Gasteiger partial charge is 0.474 e. The highest BCUT2D eigenvalue weighted by Gasteiger charge is 2.49. The van der Waals surface area contributed by atoms with E-state index in [-0.39, 0.29) is 17.6 Å². The number of pyridine rings is 1. The topological polar surface area (TPSA) is 51.7 Å². The van der Waals surface area contributed by atoms with Gasteiger partial charge in [0.2, 0.25) is 11.8 Å². The van der Waals surface area contributed by atoms with Gasteiger partial charge in [-0.15, -0.1) is 0 Å². The minimum Gasteiger partial charge on any atom is -0.474 e. The second-order valence-corrected chi connectivity index (χ2v) is 7.27. The van der Waals surface area contributed by atoms with Gasteiger partial charge in [0.25, 0.3) is 0 Å². The Kier molecular flexibility index (Phi) is 4.24. The summed E-state index contributed by atoms with van der Waals surface area (Å²) in [6.45, 7) is 2.00. The maximum absolute atomic E-state index is 12.3. The number of ether oxygens (including phenoxy) is 2. The number of thiophene rings is 1. The molecule has 0 radical (unpaired) electrons. The maximum atomic E-state index is 12.3. The molecule has 2 fully saturated rings. The predicted octanol–water partition coefficient (Wildman–Crippen LogP) is 2.52. The lowest BCUT2D eigenvalue weighted by molar-refractivity contribution is -0.193. The van der Waals surface area contributed by atoms with Gasteiger partial charge in [0.15, 0.2) is 0 Å². The van der Waals surface area contributed by atoms with E-state index in [1.807, 2.05) is 39.9 Å². The fourth-order valence-electron chi connectivity index (χ4n) is 3.40. The van der Waals surface area contributed by atoms with Crippen LogP contribution in [-0.4, -0.2) is 47.2 Å². The fourth-order valence-corrected chi connectivity index (χ4v) is 4.07. The number of hydrogen-bond acceptors (Lipinski definition) is 5. The van der Waals surface area contributed by atoms with Crippen LogP contribution in [0.15, 0.2) is 41.2 Å². The van der Waals surface area contributed by atoms with Gasteiger partial charge in [-0.25, -0.2) is 4.98 Å². The van der Waals surface area contributed by atoms with E-state index in [1.165, 1.54) is 0 Å². The van der Waals surface area contributed by atoms with Gasteiger partial charge in [0.1, 0.15) is 11.7 Å². The van der Waals surface area contributed by atoms with Gasteiger partial charge in [-0.3, -0.25) is 4.79 Å². The molecule has 1 atom stereocenters. The van der Waals surface area contributed by atoms with E-state index < -0.39 is 0 Å². The summed E-state index contributed by atoms with van der Waals surface area (Å²) >= 11 is 1.62. The van der Waals surface area contributed by atoms with Crippen molar-refractivity contribution in [1.29, 1.82) is 0 Å². The zero-order valence-electron chi connectivity index (χ0n) is 13.4. The minimum atomic E-state index is -0.234. The SMILES string of the molecule is O=C(Cc1ccsc1)N1CC2(C[C@H](Oc3ccccn3)CCO2)C1. The zero-order chi connectivity index (χ0) is 16.4. The summed E-state index contributed by atoms with van der Waals surface area (Å²) in [5, 5.41) is 4.03. The van der Waals surface area contributed by atoms with Crippen LogP contribution in [0.25, 0.3) is 0 Å². The molecule has 2 aliphatic rings. The van der Waals surface area contributed by atoms with Crippen LogP contribution in [0.3, 0.4) is 0 Å². The number of hydrogen-bond donors (Lipinski definition) is 0. The summed E-state index contributed by atoms with van der Waals surface area (Å²) in [7, 11) is 0. The molecular weight excluding hydrogens is 324 g/mol. The summed E-state index contributed by atoms with van der Waals surface area (Å²) in [6, 6.07) is 7.68. The lowest BCUT2D eigenvalue weighted by Gasteiger charge is -2.52. The van der Waals surface area contributed by atoms with Gasteiger partial charge in [0.05, 0.1) is 26.1 Å². The van der Waals surface area contributed by atoms with Crippen LogP contribution in [0.2, 0.25) is 0 Å². The molecule has 24 heavy (non-hydrogen) atoms. The first-order chi connectivity index (χ1) is 11.7. The molecule has 0 bridgehead atoms. The van der Waals surface area contributed by atoms with Gasteiger partial charge in [0, 0.05) is 25.1 Å². The number of likely N-dealkylation sites (tertiary alicyclic amines) is 1. The third-order valence-electron chi connectivity index (χ3n) is 4.62. The van der Waals surface area contributed by atoms with Gasteiger partial charge < -0.3 is 14.4 Å². The first-order valence-corrected chi connectivity index (χ1v) is 9.17.